The fraction of sp³-hybridized carbons (Fsp3) is 0.120. The molecule has 3 aromatic carbocycles. The number of methoxy groups -OCH3 is 2. The molecule has 0 unspecified atom stereocenters. The Kier molecular flexibility index (Phi) is 6.02. The van der Waals surface area contributed by atoms with Crippen molar-refractivity contribution in [2.75, 3.05) is 14.2 Å². The van der Waals surface area contributed by atoms with Crippen molar-refractivity contribution in [3.8, 4) is 28.4 Å². The van der Waals surface area contributed by atoms with Crippen LogP contribution in [0.15, 0.2) is 75.9 Å². The van der Waals surface area contributed by atoms with Crippen LogP contribution < -0.4 is 19.6 Å². The summed E-state index contributed by atoms with van der Waals surface area (Å²) in [4.78, 5) is 25.6. The van der Waals surface area contributed by atoms with Crippen LogP contribution in [0.4, 0.5) is 13.2 Å². The third-order valence-corrected chi connectivity index (χ3v) is 5.04. The summed E-state index contributed by atoms with van der Waals surface area (Å²) < 4.78 is 62.1. The van der Waals surface area contributed by atoms with Crippen LogP contribution in [0.2, 0.25) is 0 Å². The second-order valence-electron chi connectivity index (χ2n) is 7.11. The van der Waals surface area contributed by atoms with Crippen molar-refractivity contribution in [3.05, 3.63) is 88.3 Å². The van der Waals surface area contributed by atoms with Gasteiger partial charge in [0.15, 0.2) is 0 Å². The highest BCUT2D eigenvalue weighted by atomic mass is 19.4. The highest BCUT2D eigenvalue weighted by molar-refractivity contribution is 5.94. The van der Waals surface area contributed by atoms with Crippen LogP contribution in [0, 0.1) is 0 Å². The van der Waals surface area contributed by atoms with Crippen LogP contribution in [0.25, 0.3) is 22.1 Å². The molecule has 4 aromatic rings. The van der Waals surface area contributed by atoms with Gasteiger partial charge < -0.3 is 18.6 Å². The minimum Gasteiger partial charge on any atom is -0.497 e. The maximum atomic E-state index is 13.8. The quantitative estimate of drug-likeness (QED) is 0.275. The number of carbonyl (C=O) groups is 1. The van der Waals surface area contributed by atoms with Crippen molar-refractivity contribution in [2.45, 2.75) is 6.18 Å². The zero-order valence-electron chi connectivity index (χ0n) is 17.9. The van der Waals surface area contributed by atoms with E-state index in [0.29, 0.717) is 5.75 Å². The van der Waals surface area contributed by atoms with Gasteiger partial charge in [-0.3, -0.25) is 4.79 Å². The molecule has 0 aliphatic rings. The number of fused-ring (bicyclic) bond motifs is 1. The lowest BCUT2D eigenvalue weighted by Crippen LogP contribution is -2.16. The standard InChI is InChI=1S/C25H17F3O6/c1-31-15-9-7-14(8-10-15)21-22(29)17-12-11-16(13-20(17)34-23(21)25(26,27)28)33-24(30)18-5-3-4-6-19(18)32-2/h3-13H,1-2H3. The first-order chi connectivity index (χ1) is 16.2. The third kappa shape index (κ3) is 4.32. The van der Waals surface area contributed by atoms with Gasteiger partial charge in [-0.25, -0.2) is 4.79 Å². The first-order valence-corrected chi connectivity index (χ1v) is 9.90. The molecule has 0 spiro atoms. The fourth-order valence-electron chi connectivity index (χ4n) is 3.43. The lowest BCUT2D eigenvalue weighted by molar-refractivity contribution is -0.152. The number of ether oxygens (including phenoxy) is 3. The minimum absolute atomic E-state index is 0.0236. The maximum Gasteiger partial charge on any atom is 0.450 e. The predicted octanol–water partition coefficient (Wildman–Crippen LogP) is 5.72. The second kappa shape index (κ2) is 8.93. The van der Waals surface area contributed by atoms with Crippen molar-refractivity contribution in [3.63, 3.8) is 0 Å². The van der Waals surface area contributed by atoms with Crippen molar-refractivity contribution in [2.24, 2.45) is 0 Å². The van der Waals surface area contributed by atoms with E-state index in [1.807, 2.05) is 0 Å². The van der Waals surface area contributed by atoms with Gasteiger partial charge in [-0.1, -0.05) is 24.3 Å². The summed E-state index contributed by atoms with van der Waals surface area (Å²) in [5.74, 6) is -1.66. The van der Waals surface area contributed by atoms with Crippen molar-refractivity contribution in [1.29, 1.82) is 0 Å². The molecular formula is C25H17F3O6. The number of benzene rings is 3. The van der Waals surface area contributed by atoms with Crippen LogP contribution in [0.5, 0.6) is 17.2 Å². The summed E-state index contributed by atoms with van der Waals surface area (Å²) in [6, 6.07) is 15.5. The normalized spacial score (nSPS) is 11.3. The zero-order valence-corrected chi connectivity index (χ0v) is 17.9. The summed E-state index contributed by atoms with van der Waals surface area (Å²) in [5, 5.41) is -0.101. The van der Waals surface area contributed by atoms with E-state index < -0.39 is 28.9 Å². The van der Waals surface area contributed by atoms with Gasteiger partial charge in [-0.15, -0.1) is 0 Å². The molecule has 4 rings (SSSR count). The van der Waals surface area contributed by atoms with Gasteiger partial charge in [0.2, 0.25) is 11.2 Å². The average Bonchev–Trinajstić information content (AvgIpc) is 2.83. The summed E-state index contributed by atoms with van der Waals surface area (Å²) in [7, 11) is 2.80. The Morgan fingerprint density at radius 3 is 2.21 bits per heavy atom. The smallest absolute Gasteiger partial charge is 0.450 e. The fourth-order valence-corrected chi connectivity index (χ4v) is 3.43. The van der Waals surface area contributed by atoms with Gasteiger partial charge in [-0.05, 0) is 42.0 Å². The van der Waals surface area contributed by atoms with Crippen LogP contribution in [0.1, 0.15) is 16.1 Å². The molecule has 0 bridgehead atoms. The lowest BCUT2D eigenvalue weighted by Gasteiger charge is -2.14. The van der Waals surface area contributed by atoms with E-state index in [-0.39, 0.29) is 33.6 Å². The number of rotatable bonds is 5. The molecule has 0 N–H and O–H groups in total. The predicted molar refractivity (Wildman–Crippen MR) is 117 cm³/mol. The first kappa shape index (κ1) is 22.9. The lowest BCUT2D eigenvalue weighted by atomic mass is 10.0. The largest absolute Gasteiger partial charge is 0.497 e. The molecule has 6 nitrogen and oxygen atoms in total. The highest BCUT2D eigenvalue weighted by Gasteiger charge is 2.39. The third-order valence-electron chi connectivity index (χ3n) is 5.04. The Hall–Kier alpha value is -4.27. The number of alkyl halides is 3. The van der Waals surface area contributed by atoms with E-state index in [0.717, 1.165) is 6.07 Å². The first-order valence-electron chi connectivity index (χ1n) is 9.90. The number of halogens is 3. The summed E-state index contributed by atoms with van der Waals surface area (Å²) in [6.45, 7) is 0. The van der Waals surface area contributed by atoms with Crippen LogP contribution in [-0.4, -0.2) is 20.2 Å². The molecule has 0 aliphatic heterocycles. The number of para-hydroxylation sites is 1. The zero-order chi connectivity index (χ0) is 24.5. The van der Waals surface area contributed by atoms with E-state index in [1.165, 1.54) is 56.7 Å². The van der Waals surface area contributed by atoms with Gasteiger partial charge in [0.05, 0.1) is 25.2 Å². The average molecular weight is 470 g/mol. The molecule has 0 saturated heterocycles. The summed E-state index contributed by atoms with van der Waals surface area (Å²) in [6.07, 6.45) is -4.95. The Balaban J connectivity index is 1.80. The van der Waals surface area contributed by atoms with Gasteiger partial charge in [0.1, 0.15) is 28.4 Å². The molecule has 1 heterocycles. The molecular weight excluding hydrogens is 453 g/mol. The van der Waals surface area contributed by atoms with Gasteiger partial charge in [-0.2, -0.15) is 13.2 Å². The van der Waals surface area contributed by atoms with Crippen LogP contribution >= 0.6 is 0 Å². The molecule has 34 heavy (non-hydrogen) atoms. The number of hydrogen-bond donors (Lipinski definition) is 0. The molecule has 0 atom stereocenters. The molecule has 0 saturated carbocycles. The number of carbonyl (C=O) groups excluding carboxylic acids is 1. The van der Waals surface area contributed by atoms with Crippen molar-refractivity contribution in [1.82, 2.24) is 0 Å². The van der Waals surface area contributed by atoms with Crippen molar-refractivity contribution >= 4 is 16.9 Å². The van der Waals surface area contributed by atoms with E-state index >= 15 is 0 Å². The Morgan fingerprint density at radius 1 is 0.882 bits per heavy atom. The van der Waals surface area contributed by atoms with E-state index in [4.69, 9.17) is 18.6 Å². The van der Waals surface area contributed by atoms with Gasteiger partial charge in [0, 0.05) is 6.07 Å². The highest BCUT2D eigenvalue weighted by Crippen LogP contribution is 2.38. The van der Waals surface area contributed by atoms with Crippen LogP contribution in [-0.2, 0) is 6.18 Å². The summed E-state index contributed by atoms with van der Waals surface area (Å²) in [5.41, 5.74) is -1.73. The summed E-state index contributed by atoms with van der Waals surface area (Å²) >= 11 is 0. The van der Waals surface area contributed by atoms with Crippen molar-refractivity contribution < 1.29 is 36.6 Å². The number of hydrogen-bond acceptors (Lipinski definition) is 6. The maximum absolute atomic E-state index is 13.8. The van der Waals surface area contributed by atoms with Crippen LogP contribution in [0.3, 0.4) is 0 Å². The van der Waals surface area contributed by atoms with Gasteiger partial charge >= 0.3 is 12.1 Å². The van der Waals surface area contributed by atoms with Gasteiger partial charge in [0.25, 0.3) is 0 Å². The molecule has 0 radical (unpaired) electrons. The second-order valence-corrected chi connectivity index (χ2v) is 7.11. The van der Waals surface area contributed by atoms with E-state index in [2.05, 4.69) is 0 Å². The molecule has 0 fully saturated rings. The molecule has 174 valence electrons. The molecule has 0 amide bonds. The topological polar surface area (TPSA) is 75.0 Å². The van der Waals surface area contributed by atoms with E-state index in [1.54, 1.807) is 18.2 Å². The Morgan fingerprint density at radius 2 is 1.56 bits per heavy atom. The number of esters is 1. The Labute approximate surface area is 191 Å². The SMILES string of the molecule is COc1ccc(-c2c(C(F)(F)F)oc3cc(OC(=O)c4ccccc4OC)ccc3c2=O)cc1. The van der Waals surface area contributed by atoms with E-state index in [9.17, 15) is 22.8 Å². The Bertz CT molecular complexity index is 1420. The minimum atomic E-state index is -4.95. The molecule has 1 aromatic heterocycles. The molecule has 0 aliphatic carbocycles. The monoisotopic (exact) mass is 470 g/mol. The molecule has 9 heteroatoms.